The van der Waals surface area contributed by atoms with Crippen LogP contribution < -0.4 is 4.40 Å². The zero-order chi connectivity index (χ0) is 43.0. The molecule has 7 aromatic carbocycles. The van der Waals surface area contributed by atoms with E-state index in [9.17, 15) is 0 Å². The molecule has 0 aliphatic heterocycles. The van der Waals surface area contributed by atoms with Gasteiger partial charge in [-0.1, -0.05) is 66.0 Å². The number of fused-ring (bicyclic) bond motifs is 4. The normalized spacial score (nSPS) is 11.6. The van der Waals surface area contributed by atoms with Crippen molar-refractivity contribution in [2.24, 2.45) is 0 Å². The summed E-state index contributed by atoms with van der Waals surface area (Å²) in [7, 11) is 0. The molecule has 0 aliphatic carbocycles. The molecule has 63 heavy (non-hydrogen) atoms. The van der Waals surface area contributed by atoms with Gasteiger partial charge in [0.2, 0.25) is 0 Å². The van der Waals surface area contributed by atoms with Gasteiger partial charge in [-0.15, -0.1) is 48.0 Å². The van der Waals surface area contributed by atoms with Crippen molar-refractivity contribution in [1.29, 1.82) is 0 Å². The second-order valence-corrected chi connectivity index (χ2v) is 28.3. The number of benzene rings is 7. The van der Waals surface area contributed by atoms with Crippen molar-refractivity contribution >= 4 is 50.6 Å². The van der Waals surface area contributed by atoms with Gasteiger partial charge in [0.1, 0.15) is 5.58 Å². The molecular weight excluding hydrogens is 1010 g/mol. The van der Waals surface area contributed by atoms with Crippen LogP contribution in [-0.2, 0) is 20.1 Å². The number of aromatic nitrogens is 3. The fourth-order valence-electron chi connectivity index (χ4n) is 8.36. The van der Waals surface area contributed by atoms with Crippen LogP contribution in [0.4, 0.5) is 0 Å². The molecule has 0 fully saturated rings. The summed E-state index contributed by atoms with van der Waals surface area (Å²) >= 11 is -1.92. The van der Waals surface area contributed by atoms with Crippen molar-refractivity contribution in [3.05, 3.63) is 193 Å². The number of rotatable bonds is 8. The Balaban J connectivity index is 0.000000361. The van der Waals surface area contributed by atoms with Gasteiger partial charge < -0.3 is 9.40 Å². The van der Waals surface area contributed by atoms with Gasteiger partial charge in [0.15, 0.2) is 0 Å². The third-order valence-electron chi connectivity index (χ3n) is 11.7. The molecule has 10 aromatic rings. The van der Waals surface area contributed by atoms with E-state index in [1.807, 2.05) is 54.6 Å². The molecule has 0 saturated carbocycles. The van der Waals surface area contributed by atoms with E-state index in [0.717, 1.165) is 61.2 Å². The molecule has 10 rings (SSSR count). The molecule has 315 valence electrons. The fraction of sp³-hybridized carbons (Fsp3) is 0.158. The van der Waals surface area contributed by atoms with Gasteiger partial charge in [0.25, 0.3) is 0 Å². The smallest absolute Gasteiger partial charge is 0.0160 e. The number of hydrogen-bond donors (Lipinski definition) is 0. The predicted molar refractivity (Wildman–Crippen MR) is 263 cm³/mol. The van der Waals surface area contributed by atoms with Crippen LogP contribution in [0.1, 0.15) is 50.7 Å². The van der Waals surface area contributed by atoms with Gasteiger partial charge in [0, 0.05) is 31.7 Å². The molecule has 6 heteroatoms. The first-order chi connectivity index (χ1) is 30.0. The maximum atomic E-state index is 6.77. The molecule has 0 saturated heterocycles. The number of pyridine rings is 1. The summed E-state index contributed by atoms with van der Waals surface area (Å²) in [5.41, 5.74) is 15.2. The summed E-state index contributed by atoms with van der Waals surface area (Å²) in [5, 5.41) is 2.16. The molecule has 0 bridgehead atoms. The van der Waals surface area contributed by atoms with Crippen LogP contribution in [0, 0.1) is 12.1 Å². The fourth-order valence-corrected chi connectivity index (χ4v) is 10.8. The maximum Gasteiger partial charge on any atom is 0.0160 e. The number of imidazole rings is 1. The van der Waals surface area contributed by atoms with E-state index in [4.69, 9.17) is 9.40 Å². The summed E-state index contributed by atoms with van der Waals surface area (Å²) in [6.45, 7) is 9.22. The number of furan rings is 1. The van der Waals surface area contributed by atoms with E-state index in [1.165, 1.54) is 37.9 Å². The largest absolute Gasteiger partial charge is 0.305 e. The van der Waals surface area contributed by atoms with Gasteiger partial charge in [-0.2, -0.15) is 0 Å². The molecule has 0 amide bonds. The Hall–Kier alpha value is -5.85. The number of hydrogen-bond acceptors (Lipinski definition) is 3. The molecule has 0 atom stereocenters. The quantitative estimate of drug-likeness (QED) is 0.113. The monoisotopic (exact) mass is 1060 g/mol. The molecule has 1 radical (unpaired) electrons. The maximum absolute atomic E-state index is 6.77. The van der Waals surface area contributed by atoms with E-state index in [0.29, 0.717) is 0 Å². The Morgan fingerprint density at radius 3 is 1.92 bits per heavy atom. The minimum Gasteiger partial charge on any atom is -0.305 e. The van der Waals surface area contributed by atoms with Crippen LogP contribution in [0.15, 0.2) is 174 Å². The molecule has 0 spiro atoms. The van der Waals surface area contributed by atoms with Crippen molar-refractivity contribution in [3.63, 3.8) is 0 Å². The van der Waals surface area contributed by atoms with Crippen LogP contribution in [0.3, 0.4) is 0 Å². The van der Waals surface area contributed by atoms with Gasteiger partial charge in [-0.3, -0.25) is 0 Å². The minimum absolute atomic E-state index is 0. The SMILES string of the molecule is CC(C)c1cc(-c2cc[c]([Ge]([CH3])([CH3])[CH3])cc2)cc(C(C)C)c1-n1c(-c2[c-]ccc3c2oc2cc(-c4ccccc4)ccc23)nc2ccccc21.[Ir].[c-]1ccccc1-c1ccccn1. The van der Waals surface area contributed by atoms with Crippen LogP contribution >= 0.6 is 0 Å². The Morgan fingerprint density at radius 2 is 1.25 bits per heavy atom. The average molecular weight is 1060 g/mol. The summed E-state index contributed by atoms with van der Waals surface area (Å²) in [6.07, 6.45) is 1.79. The van der Waals surface area contributed by atoms with Crippen molar-refractivity contribution in [3.8, 4) is 50.6 Å². The van der Waals surface area contributed by atoms with Crippen molar-refractivity contribution < 1.29 is 24.5 Å². The summed E-state index contributed by atoms with van der Waals surface area (Å²) in [4.78, 5) is 9.55. The van der Waals surface area contributed by atoms with E-state index >= 15 is 0 Å². The van der Waals surface area contributed by atoms with Crippen LogP contribution in [-0.4, -0.2) is 27.8 Å². The Kier molecular flexibility index (Phi) is 12.8. The zero-order valence-electron chi connectivity index (χ0n) is 36.9. The van der Waals surface area contributed by atoms with Crippen molar-refractivity contribution in [2.45, 2.75) is 56.8 Å². The van der Waals surface area contributed by atoms with Crippen LogP contribution in [0.2, 0.25) is 17.3 Å². The minimum atomic E-state index is -1.92. The first kappa shape index (κ1) is 43.8. The first-order valence-electron chi connectivity index (χ1n) is 21.6. The summed E-state index contributed by atoms with van der Waals surface area (Å²) < 4.78 is 10.7. The van der Waals surface area contributed by atoms with E-state index in [-0.39, 0.29) is 31.9 Å². The second-order valence-electron chi connectivity index (χ2n) is 17.7. The van der Waals surface area contributed by atoms with Crippen LogP contribution in [0.25, 0.3) is 83.6 Å². The number of nitrogens with zero attached hydrogens (tertiary/aromatic N) is 3. The van der Waals surface area contributed by atoms with E-state index in [1.54, 1.807) is 6.20 Å². The van der Waals surface area contributed by atoms with E-state index < -0.39 is 13.3 Å². The summed E-state index contributed by atoms with van der Waals surface area (Å²) in [6, 6.07) is 64.2. The molecule has 0 unspecified atom stereocenters. The Labute approximate surface area is 387 Å². The van der Waals surface area contributed by atoms with Crippen molar-refractivity contribution in [2.75, 3.05) is 0 Å². The van der Waals surface area contributed by atoms with Crippen LogP contribution in [0.5, 0.6) is 0 Å². The molecule has 0 aliphatic rings. The standard InChI is InChI=1S/C46H43GeN2O.C11H8N.Ir/c1-29(2)39-26-34(32-20-23-35(24-21-32)47(5,6)7)27-40(30(3)4)44(39)49-42-19-12-11-18-41(42)48-46(49)38-17-13-16-37-36-25-22-33(28-43(36)50-45(37)38)31-14-9-8-10-15-31;1-2-6-10(7-3-1)11-8-4-5-9-12-11;/h8-16,18-30H,1-7H3;1-6,8-9H;/q2*-1;. The second kappa shape index (κ2) is 18.5. The third-order valence-corrected chi connectivity index (χ3v) is 16.0. The molecule has 4 nitrogen and oxygen atoms in total. The Morgan fingerprint density at radius 1 is 0.587 bits per heavy atom. The summed E-state index contributed by atoms with van der Waals surface area (Å²) in [5.74, 6) is 8.77. The topological polar surface area (TPSA) is 43.9 Å². The van der Waals surface area contributed by atoms with Crippen molar-refractivity contribution in [1.82, 2.24) is 14.5 Å². The van der Waals surface area contributed by atoms with Gasteiger partial charge in [0.05, 0.1) is 0 Å². The van der Waals surface area contributed by atoms with E-state index in [2.05, 4.69) is 176 Å². The molecular formula is C57H51GeIrN3O-2. The van der Waals surface area contributed by atoms with Gasteiger partial charge in [-0.05, 0) is 29.0 Å². The third kappa shape index (κ3) is 8.88. The molecule has 3 aromatic heterocycles. The van der Waals surface area contributed by atoms with Gasteiger partial charge >= 0.3 is 201 Å². The Bertz CT molecular complexity index is 3080. The van der Waals surface area contributed by atoms with Gasteiger partial charge in [-0.25, -0.2) is 0 Å². The molecule has 3 heterocycles. The first-order valence-corrected chi connectivity index (χ1v) is 29.0. The average Bonchev–Trinajstić information content (AvgIpc) is 3.88. The molecule has 0 N–H and O–H groups in total. The number of para-hydroxylation sites is 2. The predicted octanol–water partition coefficient (Wildman–Crippen LogP) is 15.1. The zero-order valence-corrected chi connectivity index (χ0v) is 41.4.